The summed E-state index contributed by atoms with van der Waals surface area (Å²) in [5.41, 5.74) is 0. The minimum absolute atomic E-state index is 0.0307. The van der Waals surface area contributed by atoms with Crippen molar-refractivity contribution < 1.29 is 18.3 Å². The maximum atomic E-state index is 12.2. The monoisotopic (exact) mass is 224 g/mol. The molecule has 0 radical (unpaired) electrons. The fourth-order valence-corrected chi connectivity index (χ4v) is 2.66. The van der Waals surface area contributed by atoms with E-state index in [-0.39, 0.29) is 18.7 Å². The average molecular weight is 224 g/mol. The van der Waals surface area contributed by atoms with Gasteiger partial charge in [0.15, 0.2) is 0 Å². The molecule has 0 amide bonds. The first-order chi connectivity index (χ1) is 6.99. The smallest absolute Gasteiger partial charge is 0.395 e. The Morgan fingerprint density at radius 3 is 2.20 bits per heavy atom. The van der Waals surface area contributed by atoms with Crippen LogP contribution < -0.4 is 0 Å². The molecule has 2 fully saturated rings. The van der Waals surface area contributed by atoms with Gasteiger partial charge in [-0.1, -0.05) is 0 Å². The SMILES string of the molecule is OCCN1C[C@@H]2C[C@H]1CN2CC(F)(F)F. The minimum Gasteiger partial charge on any atom is -0.395 e. The maximum Gasteiger partial charge on any atom is 0.401 e. The van der Waals surface area contributed by atoms with Gasteiger partial charge < -0.3 is 5.11 Å². The molecule has 2 aliphatic heterocycles. The molecule has 2 heterocycles. The summed E-state index contributed by atoms with van der Waals surface area (Å²) in [5, 5.41) is 8.77. The Bertz CT molecular complexity index is 234. The van der Waals surface area contributed by atoms with E-state index < -0.39 is 12.7 Å². The van der Waals surface area contributed by atoms with E-state index >= 15 is 0 Å². The summed E-state index contributed by atoms with van der Waals surface area (Å²) in [6.07, 6.45) is -3.28. The van der Waals surface area contributed by atoms with E-state index in [0.717, 1.165) is 6.42 Å². The lowest BCUT2D eigenvalue weighted by Crippen LogP contribution is -2.49. The van der Waals surface area contributed by atoms with E-state index in [4.69, 9.17) is 5.11 Å². The van der Waals surface area contributed by atoms with Gasteiger partial charge in [0.2, 0.25) is 0 Å². The summed E-state index contributed by atoms with van der Waals surface area (Å²) in [6.45, 7) is 1.04. The number of fused-ring (bicyclic) bond motifs is 2. The summed E-state index contributed by atoms with van der Waals surface area (Å²) in [6, 6.07) is 0.243. The van der Waals surface area contributed by atoms with Gasteiger partial charge in [-0.05, 0) is 6.42 Å². The second kappa shape index (κ2) is 3.92. The van der Waals surface area contributed by atoms with Gasteiger partial charge in [0.1, 0.15) is 0 Å². The lowest BCUT2D eigenvalue weighted by atomic mass is 10.2. The molecule has 0 aromatic rings. The minimum atomic E-state index is -4.09. The second-order valence-corrected chi connectivity index (χ2v) is 4.31. The number of halogens is 3. The van der Waals surface area contributed by atoms with Crippen molar-refractivity contribution >= 4 is 0 Å². The Morgan fingerprint density at radius 1 is 1.13 bits per heavy atom. The second-order valence-electron chi connectivity index (χ2n) is 4.31. The molecule has 0 aromatic carbocycles. The predicted octanol–water partition coefficient (Wildman–Crippen LogP) is 0.299. The average Bonchev–Trinajstić information content (AvgIpc) is 2.60. The highest BCUT2D eigenvalue weighted by Gasteiger charge is 2.46. The van der Waals surface area contributed by atoms with Crippen LogP contribution in [0, 0.1) is 0 Å². The molecule has 88 valence electrons. The van der Waals surface area contributed by atoms with Crippen LogP contribution in [0.5, 0.6) is 0 Å². The summed E-state index contributed by atoms with van der Waals surface area (Å²) in [7, 11) is 0. The Balaban J connectivity index is 1.86. The number of piperazine rings is 1. The van der Waals surface area contributed by atoms with Gasteiger partial charge in [-0.15, -0.1) is 0 Å². The van der Waals surface area contributed by atoms with Gasteiger partial charge in [0, 0.05) is 31.7 Å². The van der Waals surface area contributed by atoms with E-state index in [2.05, 4.69) is 4.90 Å². The van der Waals surface area contributed by atoms with Crippen molar-refractivity contribution in [3.8, 4) is 0 Å². The lowest BCUT2D eigenvalue weighted by molar-refractivity contribution is -0.150. The Kier molecular flexibility index (Phi) is 2.92. The number of β-amino-alcohol motifs (C(OH)–C–C–N with tert-alkyl or cyclic N) is 1. The molecular weight excluding hydrogens is 209 g/mol. The van der Waals surface area contributed by atoms with E-state index in [1.165, 1.54) is 4.90 Å². The third kappa shape index (κ3) is 2.43. The fraction of sp³-hybridized carbons (Fsp3) is 1.00. The van der Waals surface area contributed by atoms with Crippen LogP contribution in [-0.4, -0.2) is 66.0 Å². The summed E-state index contributed by atoms with van der Waals surface area (Å²) >= 11 is 0. The van der Waals surface area contributed by atoms with E-state index in [1.54, 1.807) is 0 Å². The lowest BCUT2D eigenvalue weighted by Gasteiger charge is -2.34. The zero-order valence-corrected chi connectivity index (χ0v) is 8.37. The quantitative estimate of drug-likeness (QED) is 0.747. The molecule has 0 saturated carbocycles. The number of aliphatic hydroxyl groups excluding tert-OH is 1. The summed E-state index contributed by atoms with van der Waals surface area (Å²) < 4.78 is 36.5. The maximum absolute atomic E-state index is 12.2. The first-order valence-corrected chi connectivity index (χ1v) is 5.15. The molecule has 2 aliphatic rings. The third-order valence-electron chi connectivity index (χ3n) is 3.24. The molecule has 0 unspecified atom stereocenters. The van der Waals surface area contributed by atoms with E-state index in [9.17, 15) is 13.2 Å². The van der Waals surface area contributed by atoms with Crippen molar-refractivity contribution in [1.82, 2.24) is 9.80 Å². The highest BCUT2D eigenvalue weighted by atomic mass is 19.4. The summed E-state index contributed by atoms with van der Waals surface area (Å²) in [5.74, 6) is 0. The molecule has 0 spiro atoms. The Hall–Kier alpha value is -0.330. The number of nitrogens with zero attached hydrogens (tertiary/aromatic N) is 2. The number of alkyl halides is 3. The van der Waals surface area contributed by atoms with Crippen LogP contribution in [0.2, 0.25) is 0 Å². The molecule has 1 N–H and O–H groups in total. The van der Waals surface area contributed by atoms with Crippen LogP contribution in [0.4, 0.5) is 13.2 Å². The van der Waals surface area contributed by atoms with Crippen LogP contribution >= 0.6 is 0 Å². The first kappa shape index (κ1) is 11.2. The fourth-order valence-electron chi connectivity index (χ4n) is 2.66. The number of hydrogen-bond donors (Lipinski definition) is 1. The normalized spacial score (nSPS) is 32.8. The molecule has 3 nitrogen and oxygen atoms in total. The van der Waals surface area contributed by atoms with Crippen LogP contribution in [0.3, 0.4) is 0 Å². The topological polar surface area (TPSA) is 26.7 Å². The van der Waals surface area contributed by atoms with Gasteiger partial charge in [0.25, 0.3) is 0 Å². The zero-order valence-electron chi connectivity index (χ0n) is 8.37. The van der Waals surface area contributed by atoms with Crippen molar-refractivity contribution in [3.05, 3.63) is 0 Å². The van der Waals surface area contributed by atoms with Crippen molar-refractivity contribution in [2.45, 2.75) is 24.7 Å². The van der Waals surface area contributed by atoms with Crippen molar-refractivity contribution in [2.24, 2.45) is 0 Å². The highest BCUT2D eigenvalue weighted by Crippen LogP contribution is 2.32. The molecule has 0 aromatic heterocycles. The molecular formula is C9H15F3N2O. The van der Waals surface area contributed by atoms with Crippen LogP contribution in [-0.2, 0) is 0 Å². The van der Waals surface area contributed by atoms with Gasteiger partial charge in [-0.25, -0.2) is 0 Å². The number of likely N-dealkylation sites (tertiary alicyclic amines) is 2. The largest absolute Gasteiger partial charge is 0.401 e. The Labute approximate surface area is 86.5 Å². The molecule has 15 heavy (non-hydrogen) atoms. The molecule has 2 rings (SSSR count). The van der Waals surface area contributed by atoms with E-state index in [0.29, 0.717) is 19.6 Å². The number of rotatable bonds is 3. The van der Waals surface area contributed by atoms with Gasteiger partial charge in [0.05, 0.1) is 13.2 Å². The van der Waals surface area contributed by atoms with Crippen LogP contribution in [0.15, 0.2) is 0 Å². The number of aliphatic hydroxyl groups is 1. The van der Waals surface area contributed by atoms with Crippen molar-refractivity contribution in [1.29, 1.82) is 0 Å². The highest BCUT2D eigenvalue weighted by molar-refractivity contribution is 4.99. The molecule has 0 aliphatic carbocycles. The van der Waals surface area contributed by atoms with Gasteiger partial charge >= 0.3 is 6.18 Å². The standard InChI is InChI=1S/C9H15F3N2O/c10-9(11,12)6-14-5-7-3-8(14)4-13(7)1-2-15/h7-8,15H,1-6H2/t7-,8-/m0/s1. The van der Waals surface area contributed by atoms with Crippen molar-refractivity contribution in [2.75, 3.05) is 32.8 Å². The zero-order chi connectivity index (χ0) is 11.1. The first-order valence-electron chi connectivity index (χ1n) is 5.15. The molecule has 6 heteroatoms. The van der Waals surface area contributed by atoms with Gasteiger partial charge in [-0.2, -0.15) is 13.2 Å². The van der Waals surface area contributed by atoms with Crippen LogP contribution in [0.25, 0.3) is 0 Å². The van der Waals surface area contributed by atoms with Gasteiger partial charge in [-0.3, -0.25) is 9.80 Å². The Morgan fingerprint density at radius 2 is 1.73 bits per heavy atom. The predicted molar refractivity (Wildman–Crippen MR) is 48.5 cm³/mol. The number of hydrogen-bond acceptors (Lipinski definition) is 3. The molecule has 2 saturated heterocycles. The van der Waals surface area contributed by atoms with Crippen LogP contribution in [0.1, 0.15) is 6.42 Å². The molecule has 2 atom stereocenters. The van der Waals surface area contributed by atoms with Crippen molar-refractivity contribution in [3.63, 3.8) is 0 Å². The van der Waals surface area contributed by atoms with E-state index in [1.807, 2.05) is 0 Å². The summed E-state index contributed by atoms with van der Waals surface area (Å²) in [4.78, 5) is 3.59. The molecule has 2 bridgehead atoms. The third-order valence-corrected chi connectivity index (χ3v) is 3.24.